The fourth-order valence-corrected chi connectivity index (χ4v) is 2.86. The molecule has 0 radical (unpaired) electrons. The first kappa shape index (κ1) is 13.7. The number of benzene rings is 1. The Bertz CT molecular complexity index is 806. The van der Waals surface area contributed by atoms with Gasteiger partial charge in [0.25, 0.3) is 0 Å². The smallest absolute Gasteiger partial charge is 0.250 e. The number of aryl methyl sites for hydroxylation is 2. The standard InChI is InChI=1S/C14H13FN4OS/c1-8-9(2)21-14-17-13(18-19(8)14)16-12(20)7-10-3-5-11(15)6-4-10/h3-6H,7H2,1-2H3,(H,16,18,20). The van der Waals surface area contributed by atoms with E-state index in [0.29, 0.717) is 0 Å². The van der Waals surface area contributed by atoms with E-state index in [1.165, 1.54) is 23.5 Å². The first-order valence-corrected chi connectivity index (χ1v) is 7.21. The molecule has 5 nitrogen and oxygen atoms in total. The van der Waals surface area contributed by atoms with Gasteiger partial charge in [0.15, 0.2) is 0 Å². The predicted molar refractivity (Wildman–Crippen MR) is 79.1 cm³/mol. The Labute approximate surface area is 124 Å². The van der Waals surface area contributed by atoms with Gasteiger partial charge in [-0.2, -0.15) is 4.98 Å². The molecular weight excluding hydrogens is 291 g/mol. The summed E-state index contributed by atoms with van der Waals surface area (Å²) >= 11 is 1.53. The molecule has 0 spiro atoms. The molecule has 21 heavy (non-hydrogen) atoms. The normalized spacial score (nSPS) is 11.0. The quantitative estimate of drug-likeness (QED) is 0.809. The first-order chi connectivity index (χ1) is 10.0. The zero-order valence-electron chi connectivity index (χ0n) is 11.6. The second-order valence-corrected chi connectivity index (χ2v) is 5.91. The van der Waals surface area contributed by atoms with E-state index in [1.807, 2.05) is 13.8 Å². The van der Waals surface area contributed by atoms with E-state index in [-0.39, 0.29) is 24.1 Å². The van der Waals surface area contributed by atoms with E-state index in [9.17, 15) is 9.18 Å². The molecule has 2 heterocycles. The van der Waals surface area contributed by atoms with Crippen LogP contribution in [-0.4, -0.2) is 20.5 Å². The molecule has 1 amide bonds. The van der Waals surface area contributed by atoms with Gasteiger partial charge in [0, 0.05) is 4.88 Å². The SMILES string of the molecule is Cc1sc2nc(NC(=O)Cc3ccc(F)cc3)nn2c1C. The van der Waals surface area contributed by atoms with Gasteiger partial charge in [-0.25, -0.2) is 8.91 Å². The maximum absolute atomic E-state index is 12.8. The Morgan fingerprint density at radius 3 is 2.71 bits per heavy atom. The van der Waals surface area contributed by atoms with E-state index in [2.05, 4.69) is 15.4 Å². The van der Waals surface area contributed by atoms with Crippen LogP contribution in [0.25, 0.3) is 4.96 Å². The Balaban J connectivity index is 1.72. The summed E-state index contributed by atoms with van der Waals surface area (Å²) in [5.74, 6) is -0.258. The van der Waals surface area contributed by atoms with Crippen LogP contribution in [0, 0.1) is 19.7 Å². The molecule has 0 aliphatic heterocycles. The van der Waals surface area contributed by atoms with Crippen LogP contribution >= 0.6 is 11.3 Å². The number of hydrogen-bond acceptors (Lipinski definition) is 4. The van der Waals surface area contributed by atoms with Crippen LogP contribution in [0.2, 0.25) is 0 Å². The molecule has 7 heteroatoms. The molecule has 3 rings (SSSR count). The summed E-state index contributed by atoms with van der Waals surface area (Å²) in [6.07, 6.45) is 0.158. The number of thiazole rings is 1. The first-order valence-electron chi connectivity index (χ1n) is 6.40. The summed E-state index contributed by atoms with van der Waals surface area (Å²) in [4.78, 5) is 18.1. The summed E-state index contributed by atoms with van der Waals surface area (Å²) in [7, 11) is 0. The zero-order chi connectivity index (χ0) is 15.0. The minimum absolute atomic E-state index is 0.158. The highest BCUT2D eigenvalue weighted by molar-refractivity contribution is 7.17. The number of aromatic nitrogens is 3. The Hall–Kier alpha value is -2.28. The molecular formula is C14H13FN4OS. The number of carbonyl (C=O) groups is 1. The summed E-state index contributed by atoms with van der Waals surface area (Å²) < 4.78 is 14.5. The van der Waals surface area contributed by atoms with Crippen molar-refractivity contribution in [1.29, 1.82) is 0 Å². The van der Waals surface area contributed by atoms with Crippen LogP contribution < -0.4 is 5.32 Å². The highest BCUT2D eigenvalue weighted by Crippen LogP contribution is 2.21. The number of rotatable bonds is 3. The van der Waals surface area contributed by atoms with Gasteiger partial charge in [0.2, 0.25) is 16.8 Å². The van der Waals surface area contributed by atoms with Crippen LogP contribution in [0.15, 0.2) is 24.3 Å². The van der Waals surface area contributed by atoms with Crippen LogP contribution in [0.4, 0.5) is 10.3 Å². The van der Waals surface area contributed by atoms with Gasteiger partial charge in [0.1, 0.15) is 5.82 Å². The third kappa shape index (κ3) is 2.78. The third-order valence-corrected chi connectivity index (χ3v) is 4.23. The van der Waals surface area contributed by atoms with Gasteiger partial charge in [-0.1, -0.05) is 23.5 Å². The van der Waals surface area contributed by atoms with Crippen molar-refractivity contribution in [1.82, 2.24) is 14.6 Å². The summed E-state index contributed by atoms with van der Waals surface area (Å²) in [5, 5.41) is 6.91. The number of fused-ring (bicyclic) bond motifs is 1. The molecule has 0 aliphatic rings. The molecule has 3 aromatic rings. The maximum Gasteiger partial charge on any atom is 0.250 e. The Morgan fingerprint density at radius 2 is 2.05 bits per heavy atom. The Morgan fingerprint density at radius 1 is 1.33 bits per heavy atom. The fraction of sp³-hybridized carbons (Fsp3) is 0.214. The predicted octanol–water partition coefficient (Wildman–Crippen LogP) is 2.73. The molecule has 0 atom stereocenters. The van der Waals surface area contributed by atoms with Crippen LogP contribution in [0.1, 0.15) is 16.1 Å². The van der Waals surface area contributed by atoms with Crippen LogP contribution in [-0.2, 0) is 11.2 Å². The molecule has 0 saturated heterocycles. The average molecular weight is 304 g/mol. The largest absolute Gasteiger partial charge is 0.293 e. The number of hydrogen-bond donors (Lipinski definition) is 1. The van der Waals surface area contributed by atoms with Crippen molar-refractivity contribution in [3.8, 4) is 0 Å². The van der Waals surface area contributed by atoms with E-state index in [1.54, 1.807) is 16.6 Å². The molecule has 0 unspecified atom stereocenters. The maximum atomic E-state index is 12.8. The summed E-state index contributed by atoms with van der Waals surface area (Å²) in [5.41, 5.74) is 1.75. The van der Waals surface area contributed by atoms with Gasteiger partial charge >= 0.3 is 0 Å². The van der Waals surface area contributed by atoms with Crippen LogP contribution in [0.5, 0.6) is 0 Å². The van der Waals surface area contributed by atoms with Gasteiger partial charge in [0.05, 0.1) is 12.1 Å². The molecule has 1 aromatic carbocycles. The lowest BCUT2D eigenvalue weighted by Gasteiger charge is -2.01. The fourth-order valence-electron chi connectivity index (χ4n) is 1.95. The van der Waals surface area contributed by atoms with E-state index >= 15 is 0 Å². The second kappa shape index (κ2) is 5.25. The van der Waals surface area contributed by atoms with Gasteiger partial charge in [-0.15, -0.1) is 5.10 Å². The lowest BCUT2D eigenvalue weighted by atomic mass is 10.1. The van der Waals surface area contributed by atoms with Gasteiger partial charge in [-0.3, -0.25) is 10.1 Å². The average Bonchev–Trinajstić information content (AvgIpc) is 2.93. The molecule has 0 saturated carbocycles. The lowest BCUT2D eigenvalue weighted by molar-refractivity contribution is -0.115. The number of amides is 1. The molecule has 108 valence electrons. The Kier molecular flexibility index (Phi) is 3.42. The molecule has 2 aromatic heterocycles. The summed E-state index contributed by atoms with van der Waals surface area (Å²) in [6.45, 7) is 3.96. The highest BCUT2D eigenvalue weighted by Gasteiger charge is 2.12. The number of anilines is 1. The van der Waals surface area contributed by atoms with Crippen molar-refractivity contribution in [2.75, 3.05) is 5.32 Å². The monoisotopic (exact) mass is 304 g/mol. The van der Waals surface area contributed by atoms with E-state index in [0.717, 1.165) is 21.1 Å². The van der Waals surface area contributed by atoms with Crippen molar-refractivity contribution in [3.05, 3.63) is 46.2 Å². The third-order valence-electron chi connectivity index (χ3n) is 3.18. The summed E-state index contributed by atoms with van der Waals surface area (Å²) in [6, 6.07) is 5.84. The van der Waals surface area contributed by atoms with E-state index in [4.69, 9.17) is 0 Å². The topological polar surface area (TPSA) is 59.3 Å². The number of nitrogens with zero attached hydrogens (tertiary/aromatic N) is 3. The zero-order valence-corrected chi connectivity index (χ0v) is 12.4. The van der Waals surface area contributed by atoms with Crippen molar-refractivity contribution in [2.45, 2.75) is 20.3 Å². The van der Waals surface area contributed by atoms with Crippen molar-refractivity contribution in [3.63, 3.8) is 0 Å². The minimum atomic E-state index is -0.319. The van der Waals surface area contributed by atoms with E-state index < -0.39 is 0 Å². The van der Waals surface area contributed by atoms with Gasteiger partial charge < -0.3 is 0 Å². The second-order valence-electron chi connectivity index (χ2n) is 4.72. The van der Waals surface area contributed by atoms with Crippen molar-refractivity contribution < 1.29 is 9.18 Å². The number of nitrogens with one attached hydrogen (secondary N) is 1. The van der Waals surface area contributed by atoms with Crippen LogP contribution in [0.3, 0.4) is 0 Å². The highest BCUT2D eigenvalue weighted by atomic mass is 32.1. The number of carbonyl (C=O) groups excluding carboxylic acids is 1. The molecule has 0 aliphatic carbocycles. The molecule has 1 N–H and O–H groups in total. The van der Waals surface area contributed by atoms with Crippen molar-refractivity contribution in [2.24, 2.45) is 0 Å². The minimum Gasteiger partial charge on any atom is -0.293 e. The molecule has 0 bridgehead atoms. The van der Waals surface area contributed by atoms with Gasteiger partial charge in [-0.05, 0) is 31.5 Å². The molecule has 0 fully saturated rings. The lowest BCUT2D eigenvalue weighted by Crippen LogP contribution is -2.15. The number of halogens is 1. The van der Waals surface area contributed by atoms with Crippen molar-refractivity contribution >= 4 is 28.2 Å².